The summed E-state index contributed by atoms with van der Waals surface area (Å²) < 4.78 is 2.23. The molecular weight excluding hydrogens is 344 g/mol. The molecule has 0 atom stereocenters. The summed E-state index contributed by atoms with van der Waals surface area (Å²) >= 11 is 1.84. The van der Waals surface area contributed by atoms with Gasteiger partial charge >= 0.3 is 0 Å². The van der Waals surface area contributed by atoms with E-state index in [2.05, 4.69) is 67.2 Å². The van der Waals surface area contributed by atoms with E-state index in [1.165, 1.54) is 4.88 Å². The number of guanidine groups is 1. The van der Waals surface area contributed by atoms with Crippen LogP contribution in [0.25, 0.3) is 0 Å². The number of nitrogens with zero attached hydrogens (tertiary/aromatic N) is 5. The molecular formula is C19H30N6S. The van der Waals surface area contributed by atoms with E-state index in [0.717, 1.165) is 51.1 Å². The third-order valence-electron chi connectivity index (χ3n) is 4.61. The second kappa shape index (κ2) is 9.19. The van der Waals surface area contributed by atoms with Gasteiger partial charge in [0.05, 0.1) is 6.54 Å². The number of hydrogen-bond acceptors (Lipinski definition) is 4. The van der Waals surface area contributed by atoms with Gasteiger partial charge in [0.15, 0.2) is 5.96 Å². The van der Waals surface area contributed by atoms with E-state index >= 15 is 0 Å². The SMILES string of the molecule is CN=C(NCc1nccn1CC(C)C)N1CCN(Cc2cccs2)CC1. The van der Waals surface area contributed by atoms with E-state index in [9.17, 15) is 0 Å². The molecule has 1 saturated heterocycles. The molecule has 0 unspecified atom stereocenters. The van der Waals surface area contributed by atoms with Gasteiger partial charge in [-0.3, -0.25) is 9.89 Å². The van der Waals surface area contributed by atoms with Crippen molar-refractivity contribution in [3.63, 3.8) is 0 Å². The minimum atomic E-state index is 0.610. The molecule has 7 heteroatoms. The average Bonchev–Trinajstić information content (AvgIpc) is 3.28. The largest absolute Gasteiger partial charge is 0.349 e. The number of thiophene rings is 1. The normalized spacial score (nSPS) is 16.5. The summed E-state index contributed by atoms with van der Waals surface area (Å²) in [6.45, 7) is 11.4. The average molecular weight is 375 g/mol. The highest BCUT2D eigenvalue weighted by Crippen LogP contribution is 2.13. The van der Waals surface area contributed by atoms with Crippen LogP contribution in [-0.4, -0.2) is 58.5 Å². The van der Waals surface area contributed by atoms with Gasteiger partial charge < -0.3 is 14.8 Å². The van der Waals surface area contributed by atoms with Gasteiger partial charge in [0.2, 0.25) is 0 Å². The molecule has 142 valence electrons. The first kappa shape index (κ1) is 18.9. The molecule has 2 aromatic rings. The summed E-state index contributed by atoms with van der Waals surface area (Å²) in [5.41, 5.74) is 0. The molecule has 0 bridgehead atoms. The number of aromatic nitrogens is 2. The Morgan fingerprint density at radius 3 is 2.77 bits per heavy atom. The van der Waals surface area contributed by atoms with Crippen molar-refractivity contribution in [1.82, 2.24) is 24.7 Å². The van der Waals surface area contributed by atoms with Crippen LogP contribution in [0.1, 0.15) is 24.5 Å². The second-order valence-electron chi connectivity index (χ2n) is 7.13. The Bertz CT molecular complexity index is 683. The van der Waals surface area contributed by atoms with Gasteiger partial charge in [-0.1, -0.05) is 19.9 Å². The van der Waals surface area contributed by atoms with Gasteiger partial charge in [-0.25, -0.2) is 4.98 Å². The highest BCUT2D eigenvalue weighted by atomic mass is 32.1. The zero-order chi connectivity index (χ0) is 18.4. The Morgan fingerprint density at radius 1 is 1.31 bits per heavy atom. The fourth-order valence-electron chi connectivity index (χ4n) is 3.30. The van der Waals surface area contributed by atoms with Gasteiger partial charge in [0.1, 0.15) is 5.82 Å². The van der Waals surface area contributed by atoms with Gasteiger partial charge in [0, 0.05) is 63.6 Å². The molecule has 6 nitrogen and oxygen atoms in total. The molecule has 1 fully saturated rings. The van der Waals surface area contributed by atoms with Crippen LogP contribution in [0.4, 0.5) is 0 Å². The van der Waals surface area contributed by atoms with Crippen LogP contribution in [0.2, 0.25) is 0 Å². The van der Waals surface area contributed by atoms with Gasteiger partial charge in [0.25, 0.3) is 0 Å². The number of nitrogens with one attached hydrogen (secondary N) is 1. The summed E-state index contributed by atoms with van der Waals surface area (Å²) in [7, 11) is 1.86. The standard InChI is InChI=1S/C19H30N6S/c1-16(2)14-25-7-6-21-18(25)13-22-19(20-3)24-10-8-23(9-11-24)15-17-5-4-12-26-17/h4-7,12,16H,8-11,13-15H2,1-3H3,(H,20,22). The van der Waals surface area contributed by atoms with Crippen LogP contribution in [0.3, 0.4) is 0 Å². The monoisotopic (exact) mass is 374 g/mol. The van der Waals surface area contributed by atoms with Crippen LogP contribution >= 0.6 is 11.3 Å². The summed E-state index contributed by atoms with van der Waals surface area (Å²) in [5.74, 6) is 2.65. The maximum Gasteiger partial charge on any atom is 0.194 e. The van der Waals surface area contributed by atoms with Crippen LogP contribution in [0.15, 0.2) is 34.9 Å². The van der Waals surface area contributed by atoms with Crippen molar-refractivity contribution < 1.29 is 0 Å². The first-order chi connectivity index (χ1) is 12.7. The summed E-state index contributed by atoms with van der Waals surface area (Å²) in [6, 6.07) is 4.35. The zero-order valence-electron chi connectivity index (χ0n) is 16.1. The van der Waals surface area contributed by atoms with Gasteiger partial charge in [-0.05, 0) is 17.4 Å². The molecule has 0 radical (unpaired) electrons. The maximum atomic E-state index is 4.49. The predicted octanol–water partition coefficient (Wildman–Crippen LogP) is 2.49. The number of rotatable bonds is 6. The summed E-state index contributed by atoms with van der Waals surface area (Å²) in [4.78, 5) is 15.3. The lowest BCUT2D eigenvalue weighted by Gasteiger charge is -2.36. The second-order valence-corrected chi connectivity index (χ2v) is 8.17. The fourth-order valence-corrected chi connectivity index (χ4v) is 4.04. The molecule has 0 spiro atoms. The quantitative estimate of drug-likeness (QED) is 0.623. The van der Waals surface area contributed by atoms with E-state index in [0.29, 0.717) is 12.5 Å². The molecule has 2 aromatic heterocycles. The Hall–Kier alpha value is -1.86. The number of aliphatic imine (C=N–C) groups is 1. The first-order valence-corrected chi connectivity index (χ1v) is 10.2. The maximum absolute atomic E-state index is 4.49. The Labute approximate surface area is 160 Å². The van der Waals surface area contributed by atoms with Crippen LogP contribution in [0.5, 0.6) is 0 Å². The molecule has 0 saturated carbocycles. The van der Waals surface area contributed by atoms with Crippen molar-refractivity contribution in [3.05, 3.63) is 40.6 Å². The van der Waals surface area contributed by atoms with Crippen molar-refractivity contribution in [2.24, 2.45) is 10.9 Å². The lowest BCUT2D eigenvalue weighted by atomic mass is 10.2. The predicted molar refractivity (Wildman–Crippen MR) is 108 cm³/mol. The number of hydrogen-bond donors (Lipinski definition) is 1. The highest BCUT2D eigenvalue weighted by molar-refractivity contribution is 7.09. The molecule has 26 heavy (non-hydrogen) atoms. The number of imidazole rings is 1. The third kappa shape index (κ3) is 5.08. The summed E-state index contributed by atoms with van der Waals surface area (Å²) in [5, 5.41) is 5.65. The Kier molecular flexibility index (Phi) is 6.68. The van der Waals surface area contributed by atoms with Crippen LogP contribution in [-0.2, 0) is 19.6 Å². The molecule has 0 aromatic carbocycles. The van der Waals surface area contributed by atoms with Crippen LogP contribution < -0.4 is 5.32 Å². The van der Waals surface area contributed by atoms with E-state index in [1.807, 2.05) is 24.6 Å². The molecule has 3 rings (SSSR count). The minimum absolute atomic E-state index is 0.610. The topological polar surface area (TPSA) is 48.7 Å². The lowest BCUT2D eigenvalue weighted by Crippen LogP contribution is -2.52. The Balaban J connectivity index is 1.48. The van der Waals surface area contributed by atoms with Crippen LogP contribution in [0, 0.1) is 5.92 Å². The first-order valence-electron chi connectivity index (χ1n) is 9.36. The van der Waals surface area contributed by atoms with E-state index in [4.69, 9.17) is 0 Å². The number of piperazine rings is 1. The van der Waals surface area contributed by atoms with Crippen molar-refractivity contribution >= 4 is 17.3 Å². The smallest absolute Gasteiger partial charge is 0.194 e. The highest BCUT2D eigenvalue weighted by Gasteiger charge is 2.20. The molecule has 1 aliphatic heterocycles. The van der Waals surface area contributed by atoms with Crippen molar-refractivity contribution in [2.45, 2.75) is 33.5 Å². The molecule has 0 aliphatic carbocycles. The molecule has 1 aliphatic rings. The van der Waals surface area contributed by atoms with Gasteiger partial charge in [-0.15, -0.1) is 11.3 Å². The van der Waals surface area contributed by atoms with Crippen molar-refractivity contribution in [1.29, 1.82) is 0 Å². The Morgan fingerprint density at radius 2 is 2.12 bits per heavy atom. The molecule has 3 heterocycles. The fraction of sp³-hybridized carbons (Fsp3) is 0.579. The minimum Gasteiger partial charge on any atom is -0.349 e. The van der Waals surface area contributed by atoms with Crippen molar-refractivity contribution in [2.75, 3.05) is 33.2 Å². The summed E-state index contributed by atoms with van der Waals surface area (Å²) in [6.07, 6.45) is 3.94. The van der Waals surface area contributed by atoms with Crippen molar-refractivity contribution in [3.8, 4) is 0 Å². The lowest BCUT2D eigenvalue weighted by molar-refractivity contribution is 0.173. The van der Waals surface area contributed by atoms with E-state index in [-0.39, 0.29) is 0 Å². The zero-order valence-corrected chi connectivity index (χ0v) is 16.9. The molecule has 0 amide bonds. The third-order valence-corrected chi connectivity index (χ3v) is 5.47. The molecule has 1 N–H and O–H groups in total. The van der Waals surface area contributed by atoms with Gasteiger partial charge in [-0.2, -0.15) is 0 Å². The van der Waals surface area contributed by atoms with E-state index < -0.39 is 0 Å². The van der Waals surface area contributed by atoms with E-state index in [1.54, 1.807) is 0 Å².